The molecule has 4 heteroatoms. The van der Waals surface area contributed by atoms with Crippen LogP contribution in [0.2, 0.25) is 0 Å². The summed E-state index contributed by atoms with van der Waals surface area (Å²) >= 11 is 0. The maximum atomic E-state index is 12.4. The van der Waals surface area contributed by atoms with E-state index in [0.717, 1.165) is 50.0 Å². The van der Waals surface area contributed by atoms with Crippen LogP contribution in [0.3, 0.4) is 0 Å². The van der Waals surface area contributed by atoms with Gasteiger partial charge < -0.3 is 14.5 Å². The quantitative estimate of drug-likeness (QED) is 0.838. The van der Waals surface area contributed by atoms with Crippen LogP contribution >= 0.6 is 0 Å². The third-order valence-electron chi connectivity index (χ3n) is 4.98. The van der Waals surface area contributed by atoms with Crippen molar-refractivity contribution >= 4 is 11.6 Å². The number of hydrogen-bond acceptors (Lipinski definition) is 3. The fourth-order valence-electron chi connectivity index (χ4n) is 3.32. The highest BCUT2D eigenvalue weighted by Crippen LogP contribution is 2.38. The van der Waals surface area contributed by atoms with E-state index in [4.69, 9.17) is 4.74 Å². The van der Waals surface area contributed by atoms with Crippen LogP contribution in [0.5, 0.6) is 5.75 Å². The Labute approximate surface area is 133 Å². The molecule has 1 amide bonds. The molecule has 1 saturated heterocycles. The van der Waals surface area contributed by atoms with E-state index in [9.17, 15) is 4.79 Å². The molecule has 0 N–H and O–H groups in total. The third-order valence-corrected chi connectivity index (χ3v) is 4.98. The highest BCUT2D eigenvalue weighted by Gasteiger charge is 2.31. The molecule has 1 aliphatic carbocycles. The van der Waals surface area contributed by atoms with E-state index in [1.807, 2.05) is 23.1 Å². The van der Waals surface area contributed by atoms with E-state index in [1.165, 1.54) is 12.8 Å². The maximum absolute atomic E-state index is 12.4. The lowest BCUT2D eigenvalue weighted by Crippen LogP contribution is -2.49. The Bertz CT molecular complexity index is 520. The number of piperazine rings is 1. The molecule has 4 nitrogen and oxygen atoms in total. The first-order valence-electron chi connectivity index (χ1n) is 8.34. The lowest BCUT2D eigenvalue weighted by atomic mass is 10.0. The minimum atomic E-state index is 0.332. The molecule has 0 spiro atoms. The number of benzene rings is 1. The van der Waals surface area contributed by atoms with Crippen LogP contribution in [-0.2, 0) is 4.79 Å². The monoisotopic (exact) mass is 302 g/mol. The summed E-state index contributed by atoms with van der Waals surface area (Å²) in [6, 6.07) is 8.10. The molecular weight excluding hydrogens is 276 g/mol. The summed E-state index contributed by atoms with van der Waals surface area (Å²) in [5.74, 6) is 2.60. The van der Waals surface area contributed by atoms with Crippen LogP contribution in [0.4, 0.5) is 5.69 Å². The van der Waals surface area contributed by atoms with Gasteiger partial charge in [-0.15, -0.1) is 0 Å². The van der Waals surface area contributed by atoms with Gasteiger partial charge in [0.2, 0.25) is 5.91 Å². The number of para-hydroxylation sites is 2. The van der Waals surface area contributed by atoms with E-state index in [-0.39, 0.29) is 0 Å². The SMILES string of the molecule is COc1ccccc1N1CCN(C(=O)CC(C)C2CC2)CC1. The van der Waals surface area contributed by atoms with E-state index in [2.05, 4.69) is 17.9 Å². The molecule has 1 unspecified atom stereocenters. The molecule has 1 aromatic rings. The summed E-state index contributed by atoms with van der Waals surface area (Å²) in [6.45, 7) is 5.61. The molecule has 22 heavy (non-hydrogen) atoms. The van der Waals surface area contributed by atoms with Gasteiger partial charge in [0.1, 0.15) is 5.75 Å². The van der Waals surface area contributed by atoms with Crippen molar-refractivity contribution in [2.75, 3.05) is 38.2 Å². The van der Waals surface area contributed by atoms with Gasteiger partial charge in [-0.2, -0.15) is 0 Å². The van der Waals surface area contributed by atoms with Crippen molar-refractivity contribution < 1.29 is 9.53 Å². The fourth-order valence-corrected chi connectivity index (χ4v) is 3.32. The second-order valence-corrected chi connectivity index (χ2v) is 6.56. The van der Waals surface area contributed by atoms with Crippen molar-refractivity contribution in [3.8, 4) is 5.75 Å². The molecule has 2 aliphatic rings. The lowest BCUT2D eigenvalue weighted by Gasteiger charge is -2.37. The molecule has 2 fully saturated rings. The van der Waals surface area contributed by atoms with Gasteiger partial charge in [-0.3, -0.25) is 4.79 Å². The Kier molecular flexibility index (Phi) is 4.55. The van der Waals surface area contributed by atoms with Crippen LogP contribution < -0.4 is 9.64 Å². The summed E-state index contributed by atoms with van der Waals surface area (Å²) < 4.78 is 5.44. The molecular formula is C18H26N2O2. The second kappa shape index (κ2) is 6.59. The van der Waals surface area contributed by atoms with Gasteiger partial charge in [-0.1, -0.05) is 19.1 Å². The van der Waals surface area contributed by atoms with Gasteiger partial charge in [0, 0.05) is 32.6 Å². The molecule has 3 rings (SSSR count). The van der Waals surface area contributed by atoms with Crippen molar-refractivity contribution in [1.82, 2.24) is 4.90 Å². The topological polar surface area (TPSA) is 32.8 Å². The molecule has 1 atom stereocenters. The van der Waals surface area contributed by atoms with E-state index < -0.39 is 0 Å². The average Bonchev–Trinajstić information content (AvgIpc) is 3.40. The molecule has 1 heterocycles. The molecule has 1 aromatic carbocycles. The zero-order chi connectivity index (χ0) is 15.5. The van der Waals surface area contributed by atoms with Gasteiger partial charge in [0.15, 0.2) is 0 Å². The van der Waals surface area contributed by atoms with Gasteiger partial charge in [-0.25, -0.2) is 0 Å². The van der Waals surface area contributed by atoms with Gasteiger partial charge in [-0.05, 0) is 36.8 Å². The Morgan fingerprint density at radius 1 is 1.23 bits per heavy atom. The number of ether oxygens (including phenoxy) is 1. The number of carbonyl (C=O) groups excluding carboxylic acids is 1. The first kappa shape index (κ1) is 15.2. The van der Waals surface area contributed by atoms with Crippen molar-refractivity contribution in [2.45, 2.75) is 26.2 Å². The van der Waals surface area contributed by atoms with Gasteiger partial charge in [0.05, 0.1) is 12.8 Å². The van der Waals surface area contributed by atoms with Crippen molar-refractivity contribution in [2.24, 2.45) is 11.8 Å². The standard InChI is InChI=1S/C18H26N2O2/c1-14(15-7-8-15)13-18(21)20-11-9-19(10-12-20)16-5-3-4-6-17(16)22-2/h3-6,14-15H,7-13H2,1-2H3. The normalized spacial score (nSPS) is 19.9. The molecule has 0 aromatic heterocycles. The summed E-state index contributed by atoms with van der Waals surface area (Å²) in [5, 5.41) is 0. The number of hydrogen-bond donors (Lipinski definition) is 0. The first-order chi connectivity index (χ1) is 10.7. The van der Waals surface area contributed by atoms with E-state index in [1.54, 1.807) is 7.11 Å². The Balaban J connectivity index is 1.54. The highest BCUT2D eigenvalue weighted by molar-refractivity contribution is 5.77. The molecule has 0 radical (unpaired) electrons. The minimum Gasteiger partial charge on any atom is -0.495 e. The minimum absolute atomic E-state index is 0.332. The Morgan fingerprint density at radius 3 is 2.55 bits per heavy atom. The lowest BCUT2D eigenvalue weighted by molar-refractivity contribution is -0.132. The van der Waals surface area contributed by atoms with Crippen LogP contribution in [0, 0.1) is 11.8 Å². The zero-order valence-corrected chi connectivity index (χ0v) is 13.6. The van der Waals surface area contributed by atoms with Crippen LogP contribution in [0.25, 0.3) is 0 Å². The highest BCUT2D eigenvalue weighted by atomic mass is 16.5. The summed E-state index contributed by atoms with van der Waals surface area (Å²) in [6.07, 6.45) is 3.35. The van der Waals surface area contributed by atoms with Crippen LogP contribution in [-0.4, -0.2) is 44.1 Å². The number of amides is 1. The molecule has 0 bridgehead atoms. The average molecular weight is 302 g/mol. The van der Waals surface area contributed by atoms with Gasteiger partial charge >= 0.3 is 0 Å². The van der Waals surface area contributed by atoms with Crippen LogP contribution in [0.15, 0.2) is 24.3 Å². The summed E-state index contributed by atoms with van der Waals surface area (Å²) in [4.78, 5) is 16.7. The molecule has 1 saturated carbocycles. The fraction of sp³-hybridized carbons (Fsp3) is 0.611. The number of anilines is 1. The van der Waals surface area contributed by atoms with E-state index >= 15 is 0 Å². The smallest absolute Gasteiger partial charge is 0.222 e. The zero-order valence-electron chi connectivity index (χ0n) is 13.6. The number of rotatable bonds is 5. The van der Waals surface area contributed by atoms with E-state index in [0.29, 0.717) is 11.8 Å². The first-order valence-corrected chi connectivity index (χ1v) is 8.34. The number of carbonyl (C=O) groups is 1. The molecule has 1 aliphatic heterocycles. The predicted molar refractivity (Wildman–Crippen MR) is 88.3 cm³/mol. The van der Waals surface area contributed by atoms with Crippen molar-refractivity contribution in [3.05, 3.63) is 24.3 Å². The summed E-state index contributed by atoms with van der Waals surface area (Å²) in [7, 11) is 1.71. The largest absolute Gasteiger partial charge is 0.495 e. The van der Waals surface area contributed by atoms with Crippen LogP contribution in [0.1, 0.15) is 26.2 Å². The number of methoxy groups -OCH3 is 1. The third kappa shape index (κ3) is 3.37. The maximum Gasteiger partial charge on any atom is 0.222 e. The predicted octanol–water partition coefficient (Wildman–Crippen LogP) is 2.78. The van der Waals surface area contributed by atoms with Crippen molar-refractivity contribution in [3.63, 3.8) is 0 Å². The Morgan fingerprint density at radius 2 is 1.91 bits per heavy atom. The Hall–Kier alpha value is -1.71. The second-order valence-electron chi connectivity index (χ2n) is 6.56. The summed E-state index contributed by atoms with van der Waals surface area (Å²) in [5.41, 5.74) is 1.13. The van der Waals surface area contributed by atoms with Gasteiger partial charge in [0.25, 0.3) is 0 Å². The van der Waals surface area contributed by atoms with Crippen molar-refractivity contribution in [1.29, 1.82) is 0 Å². The number of nitrogens with zero attached hydrogens (tertiary/aromatic N) is 2. The molecule has 120 valence electrons.